The molecule has 0 fully saturated rings. The summed E-state index contributed by atoms with van der Waals surface area (Å²) in [7, 11) is 0. The molecule has 0 aliphatic heterocycles. The van der Waals surface area contributed by atoms with Gasteiger partial charge in [-0.15, -0.1) is 0 Å². The second kappa shape index (κ2) is 9.70. The number of halogens is 1. The zero-order valence-electron chi connectivity index (χ0n) is 17.9. The lowest BCUT2D eigenvalue weighted by Crippen LogP contribution is -2.15. The van der Waals surface area contributed by atoms with E-state index in [9.17, 15) is 4.79 Å². The smallest absolute Gasteiger partial charge is 0.277 e. The lowest BCUT2D eigenvalue weighted by molar-refractivity contribution is 0.101. The van der Waals surface area contributed by atoms with Gasteiger partial charge in [0.25, 0.3) is 5.91 Å². The number of hydrogen-bond donors (Lipinski definition) is 1. The number of amides is 1. The second-order valence-electron chi connectivity index (χ2n) is 7.72. The van der Waals surface area contributed by atoms with E-state index < -0.39 is 0 Å². The molecule has 0 saturated heterocycles. The average Bonchev–Trinajstić information content (AvgIpc) is 3.44. The van der Waals surface area contributed by atoms with Crippen LogP contribution in [-0.4, -0.2) is 25.5 Å². The third kappa shape index (κ3) is 5.56. The third-order valence-electron chi connectivity index (χ3n) is 4.92. The average molecular weight is 450 g/mol. The van der Waals surface area contributed by atoms with E-state index in [4.69, 9.17) is 16.3 Å². The van der Waals surface area contributed by atoms with Crippen LogP contribution in [0.4, 0.5) is 5.82 Å². The zero-order valence-corrected chi connectivity index (χ0v) is 18.7. The molecule has 4 aromatic rings. The van der Waals surface area contributed by atoms with E-state index in [0.717, 1.165) is 11.3 Å². The van der Waals surface area contributed by atoms with E-state index in [-0.39, 0.29) is 18.3 Å². The van der Waals surface area contributed by atoms with Crippen LogP contribution in [-0.2, 0) is 13.3 Å². The molecule has 0 unspecified atom stereocenters. The van der Waals surface area contributed by atoms with Crippen molar-refractivity contribution in [3.05, 3.63) is 94.9 Å². The molecule has 0 bridgehead atoms. The molecule has 0 atom stereocenters. The first-order valence-electron chi connectivity index (χ1n) is 10.3. The van der Waals surface area contributed by atoms with Crippen molar-refractivity contribution in [2.75, 3.05) is 5.32 Å². The SMILES string of the molecule is CC(C)c1ccc(OCn2ccc(C(=O)Nc3ccn(Cc4ccc(Cl)cc4)n3)n2)cc1. The Morgan fingerprint density at radius 2 is 1.69 bits per heavy atom. The normalized spacial score (nSPS) is 11.0. The van der Waals surface area contributed by atoms with Crippen molar-refractivity contribution in [2.24, 2.45) is 0 Å². The van der Waals surface area contributed by atoms with Gasteiger partial charge in [0.2, 0.25) is 0 Å². The van der Waals surface area contributed by atoms with Crippen LogP contribution in [0.1, 0.15) is 41.4 Å². The van der Waals surface area contributed by atoms with Crippen molar-refractivity contribution < 1.29 is 9.53 Å². The Morgan fingerprint density at radius 1 is 0.969 bits per heavy atom. The largest absolute Gasteiger partial charge is 0.471 e. The molecule has 4 rings (SSSR count). The highest BCUT2D eigenvalue weighted by Gasteiger charge is 2.12. The lowest BCUT2D eigenvalue weighted by Gasteiger charge is -2.09. The van der Waals surface area contributed by atoms with Gasteiger partial charge in [0.15, 0.2) is 18.2 Å². The van der Waals surface area contributed by atoms with Crippen LogP contribution in [0.3, 0.4) is 0 Å². The molecule has 1 N–H and O–H groups in total. The molecular weight excluding hydrogens is 426 g/mol. The fraction of sp³-hybridized carbons (Fsp3) is 0.208. The van der Waals surface area contributed by atoms with Crippen molar-refractivity contribution in [2.45, 2.75) is 33.0 Å². The summed E-state index contributed by atoms with van der Waals surface area (Å²) in [6, 6.07) is 18.9. The van der Waals surface area contributed by atoms with Gasteiger partial charge < -0.3 is 10.1 Å². The number of aromatic nitrogens is 4. The Bertz CT molecular complexity index is 1180. The van der Waals surface area contributed by atoms with Gasteiger partial charge in [0.05, 0.1) is 6.54 Å². The number of benzene rings is 2. The molecule has 164 valence electrons. The number of nitrogens with one attached hydrogen (secondary N) is 1. The summed E-state index contributed by atoms with van der Waals surface area (Å²) in [6.07, 6.45) is 3.51. The number of hydrogen-bond acceptors (Lipinski definition) is 4. The van der Waals surface area contributed by atoms with Crippen molar-refractivity contribution in [1.29, 1.82) is 0 Å². The first-order valence-corrected chi connectivity index (χ1v) is 10.7. The molecule has 2 heterocycles. The minimum atomic E-state index is -0.332. The highest BCUT2D eigenvalue weighted by atomic mass is 35.5. The summed E-state index contributed by atoms with van der Waals surface area (Å²) < 4.78 is 9.07. The number of anilines is 1. The minimum Gasteiger partial charge on any atom is -0.471 e. The van der Waals surface area contributed by atoms with Crippen LogP contribution in [0.5, 0.6) is 5.75 Å². The molecule has 0 aliphatic rings. The quantitative estimate of drug-likeness (QED) is 0.401. The molecule has 8 heteroatoms. The van der Waals surface area contributed by atoms with Crippen LogP contribution in [0.2, 0.25) is 5.02 Å². The van der Waals surface area contributed by atoms with Crippen LogP contribution >= 0.6 is 11.6 Å². The van der Waals surface area contributed by atoms with Crippen molar-refractivity contribution >= 4 is 23.3 Å². The van der Waals surface area contributed by atoms with E-state index in [1.54, 1.807) is 33.9 Å². The molecule has 32 heavy (non-hydrogen) atoms. The topological polar surface area (TPSA) is 74.0 Å². The molecular formula is C24H24ClN5O2. The minimum absolute atomic E-state index is 0.212. The van der Waals surface area contributed by atoms with Gasteiger partial charge in [-0.3, -0.25) is 9.48 Å². The summed E-state index contributed by atoms with van der Waals surface area (Å²) in [5, 5.41) is 12.1. The van der Waals surface area contributed by atoms with Gasteiger partial charge in [-0.05, 0) is 47.4 Å². The van der Waals surface area contributed by atoms with Crippen LogP contribution in [0.25, 0.3) is 0 Å². The Balaban J connectivity index is 1.31. The van der Waals surface area contributed by atoms with Gasteiger partial charge in [0.1, 0.15) is 5.75 Å². The van der Waals surface area contributed by atoms with Crippen LogP contribution < -0.4 is 10.1 Å². The van der Waals surface area contributed by atoms with E-state index in [0.29, 0.717) is 23.3 Å². The highest BCUT2D eigenvalue weighted by Crippen LogP contribution is 2.19. The number of carbonyl (C=O) groups is 1. The number of nitrogens with zero attached hydrogens (tertiary/aromatic N) is 4. The summed E-state index contributed by atoms with van der Waals surface area (Å²) in [4.78, 5) is 12.5. The van der Waals surface area contributed by atoms with E-state index >= 15 is 0 Å². The van der Waals surface area contributed by atoms with E-state index in [2.05, 4.69) is 29.4 Å². The first-order chi connectivity index (χ1) is 15.5. The Kier molecular flexibility index (Phi) is 6.56. The van der Waals surface area contributed by atoms with Crippen LogP contribution in [0, 0.1) is 0 Å². The lowest BCUT2D eigenvalue weighted by atomic mass is 10.0. The molecule has 2 aromatic carbocycles. The van der Waals surface area contributed by atoms with Crippen LogP contribution in [0.15, 0.2) is 73.1 Å². The summed E-state index contributed by atoms with van der Waals surface area (Å²) in [5.74, 6) is 1.35. The van der Waals surface area contributed by atoms with Gasteiger partial charge >= 0.3 is 0 Å². The first kappa shape index (κ1) is 21.6. The summed E-state index contributed by atoms with van der Waals surface area (Å²) in [6.45, 7) is 5.09. The maximum absolute atomic E-state index is 12.5. The number of ether oxygens (including phenoxy) is 1. The Labute approximate surface area is 191 Å². The highest BCUT2D eigenvalue weighted by molar-refractivity contribution is 6.30. The molecule has 0 saturated carbocycles. The van der Waals surface area contributed by atoms with Gasteiger partial charge in [-0.1, -0.05) is 49.7 Å². The number of rotatable bonds is 8. The fourth-order valence-corrected chi connectivity index (χ4v) is 3.24. The Hall–Kier alpha value is -3.58. The number of carbonyl (C=O) groups excluding carboxylic acids is 1. The van der Waals surface area contributed by atoms with Crippen molar-refractivity contribution in [3.8, 4) is 5.75 Å². The monoisotopic (exact) mass is 449 g/mol. The standard InChI is InChI=1S/C24H24ClN5O2/c1-17(2)19-5-9-21(10-6-19)32-16-30-13-11-22(27-30)24(31)26-23-12-14-29(28-23)15-18-3-7-20(25)8-4-18/h3-14,17H,15-16H2,1-2H3,(H,26,28,31). The molecule has 1 amide bonds. The third-order valence-corrected chi connectivity index (χ3v) is 5.18. The molecule has 0 radical (unpaired) electrons. The second-order valence-corrected chi connectivity index (χ2v) is 8.15. The zero-order chi connectivity index (χ0) is 22.5. The van der Waals surface area contributed by atoms with E-state index in [1.165, 1.54) is 5.56 Å². The molecule has 7 nitrogen and oxygen atoms in total. The molecule has 0 aliphatic carbocycles. The van der Waals surface area contributed by atoms with Gasteiger partial charge in [0, 0.05) is 23.5 Å². The maximum atomic E-state index is 12.5. The molecule has 0 spiro atoms. The van der Waals surface area contributed by atoms with Crippen molar-refractivity contribution in [3.63, 3.8) is 0 Å². The predicted octanol–water partition coefficient (Wildman–Crippen LogP) is 5.19. The van der Waals surface area contributed by atoms with Gasteiger partial charge in [-0.25, -0.2) is 4.68 Å². The maximum Gasteiger partial charge on any atom is 0.277 e. The summed E-state index contributed by atoms with van der Waals surface area (Å²) >= 11 is 5.92. The van der Waals surface area contributed by atoms with Gasteiger partial charge in [-0.2, -0.15) is 10.2 Å². The molecule has 2 aromatic heterocycles. The summed E-state index contributed by atoms with van der Waals surface area (Å²) in [5.41, 5.74) is 2.61. The predicted molar refractivity (Wildman–Crippen MR) is 124 cm³/mol. The van der Waals surface area contributed by atoms with Crippen molar-refractivity contribution in [1.82, 2.24) is 19.6 Å². The Morgan fingerprint density at radius 3 is 2.41 bits per heavy atom. The fourth-order valence-electron chi connectivity index (χ4n) is 3.12. The van der Waals surface area contributed by atoms with E-state index in [1.807, 2.05) is 48.5 Å².